The number of benzene rings is 1. The highest BCUT2D eigenvalue weighted by Gasteiger charge is 2.19. The highest BCUT2D eigenvalue weighted by molar-refractivity contribution is 5.63. The number of anilines is 1. The van der Waals surface area contributed by atoms with Crippen LogP contribution < -0.4 is 15.4 Å². The molecule has 1 fully saturated rings. The largest absolute Gasteiger partial charge is 0.489 e. The number of aryl methyl sites for hydroxylation is 1. The Bertz CT molecular complexity index is 673. The molecule has 0 saturated carbocycles. The van der Waals surface area contributed by atoms with Gasteiger partial charge in [-0.15, -0.1) is 0 Å². The molecule has 0 bridgehead atoms. The third-order valence-electron chi connectivity index (χ3n) is 4.12. The van der Waals surface area contributed by atoms with Crippen LogP contribution in [0.3, 0.4) is 0 Å². The minimum absolute atomic E-state index is 0.0329. The van der Waals surface area contributed by atoms with Crippen LogP contribution in [-0.4, -0.2) is 19.2 Å². The Morgan fingerprint density at radius 2 is 1.96 bits per heavy atom. The maximum atomic E-state index is 8.87. The molecule has 1 aliphatic rings. The molecule has 126 valence electrons. The van der Waals surface area contributed by atoms with Crippen molar-refractivity contribution >= 4 is 5.69 Å². The van der Waals surface area contributed by atoms with Crippen LogP contribution in [0.1, 0.15) is 43.7 Å². The number of nitrogens with one attached hydrogen (secondary N) is 2. The number of nitriles is 2. The average Bonchev–Trinajstić information content (AvgIpc) is 2.58. The second-order valence-corrected chi connectivity index (χ2v) is 6.32. The number of ether oxygens (including phenoxy) is 1. The molecule has 1 saturated heterocycles. The van der Waals surface area contributed by atoms with Gasteiger partial charge in [-0.25, -0.2) is 0 Å². The topological polar surface area (TPSA) is 80.9 Å². The monoisotopic (exact) mass is 324 g/mol. The van der Waals surface area contributed by atoms with E-state index in [4.69, 9.17) is 15.3 Å². The normalized spacial score (nSPS) is 14.6. The number of allylic oxidation sites excluding steroid dienone is 1. The zero-order valence-electron chi connectivity index (χ0n) is 14.5. The number of hydrogen-bond donors (Lipinski definition) is 2. The molecule has 2 rings (SSSR count). The summed E-state index contributed by atoms with van der Waals surface area (Å²) in [4.78, 5) is 0. The number of piperidine rings is 1. The van der Waals surface area contributed by atoms with E-state index in [9.17, 15) is 0 Å². The van der Waals surface area contributed by atoms with Gasteiger partial charge < -0.3 is 15.4 Å². The quantitative estimate of drug-likeness (QED) is 0.809. The number of hydrogen-bond acceptors (Lipinski definition) is 5. The maximum Gasteiger partial charge on any atom is 0.145 e. The van der Waals surface area contributed by atoms with Gasteiger partial charge in [0, 0.05) is 6.20 Å². The van der Waals surface area contributed by atoms with Crippen molar-refractivity contribution in [2.45, 2.75) is 45.6 Å². The minimum atomic E-state index is 0.0329. The lowest BCUT2D eigenvalue weighted by molar-refractivity contribution is 0.243. The summed E-state index contributed by atoms with van der Waals surface area (Å²) in [5.74, 6) is 1.30. The van der Waals surface area contributed by atoms with Gasteiger partial charge in [-0.2, -0.15) is 10.5 Å². The lowest BCUT2D eigenvalue weighted by Gasteiger charge is -2.26. The second-order valence-electron chi connectivity index (χ2n) is 6.32. The van der Waals surface area contributed by atoms with E-state index >= 15 is 0 Å². The molecule has 5 heteroatoms. The van der Waals surface area contributed by atoms with Gasteiger partial charge in [-0.05, 0) is 75.9 Å². The lowest BCUT2D eigenvalue weighted by Crippen LogP contribution is -2.27. The molecule has 1 heterocycles. The lowest BCUT2D eigenvalue weighted by atomic mass is 9.87. The van der Waals surface area contributed by atoms with Crippen LogP contribution in [-0.2, 0) is 0 Å². The van der Waals surface area contributed by atoms with Gasteiger partial charge in [-0.3, -0.25) is 0 Å². The number of nitrogens with zero attached hydrogens (tertiary/aromatic N) is 2. The molecule has 0 amide bonds. The molecule has 0 atom stereocenters. The zero-order chi connectivity index (χ0) is 17.5. The molecule has 0 aromatic heterocycles. The zero-order valence-corrected chi connectivity index (χ0v) is 14.5. The highest BCUT2D eigenvalue weighted by Crippen LogP contribution is 2.36. The fraction of sp³-hybridized carbons (Fsp3) is 0.474. The van der Waals surface area contributed by atoms with Crippen molar-refractivity contribution in [3.05, 3.63) is 35.0 Å². The first-order valence-corrected chi connectivity index (χ1v) is 8.34. The predicted molar refractivity (Wildman–Crippen MR) is 94.7 cm³/mol. The van der Waals surface area contributed by atoms with Crippen molar-refractivity contribution in [2.75, 3.05) is 18.4 Å². The van der Waals surface area contributed by atoms with Gasteiger partial charge in [0.2, 0.25) is 0 Å². The van der Waals surface area contributed by atoms with E-state index in [2.05, 4.69) is 23.6 Å². The molecule has 0 unspecified atom stereocenters. The summed E-state index contributed by atoms with van der Waals surface area (Å²) in [6, 6.07) is 7.85. The van der Waals surface area contributed by atoms with E-state index in [1.54, 1.807) is 0 Å². The summed E-state index contributed by atoms with van der Waals surface area (Å²) in [5, 5.41) is 24.2. The molecule has 5 nitrogen and oxygen atoms in total. The van der Waals surface area contributed by atoms with Crippen LogP contribution in [0.25, 0.3) is 0 Å². The van der Waals surface area contributed by atoms with Crippen LogP contribution >= 0.6 is 0 Å². The van der Waals surface area contributed by atoms with Crippen LogP contribution in [0, 0.1) is 29.6 Å². The summed E-state index contributed by atoms with van der Waals surface area (Å²) >= 11 is 0. The third-order valence-corrected chi connectivity index (χ3v) is 4.12. The van der Waals surface area contributed by atoms with Crippen LogP contribution in [0.4, 0.5) is 5.69 Å². The van der Waals surface area contributed by atoms with Crippen molar-refractivity contribution in [2.24, 2.45) is 0 Å². The van der Waals surface area contributed by atoms with Gasteiger partial charge in [-0.1, -0.05) is 0 Å². The maximum absolute atomic E-state index is 8.87. The first-order valence-electron chi connectivity index (χ1n) is 8.34. The van der Waals surface area contributed by atoms with Gasteiger partial charge in [0.05, 0.1) is 11.8 Å². The summed E-state index contributed by atoms with van der Waals surface area (Å²) in [7, 11) is 0. The second kappa shape index (κ2) is 8.38. The van der Waals surface area contributed by atoms with E-state index in [0.717, 1.165) is 37.4 Å². The van der Waals surface area contributed by atoms with Crippen molar-refractivity contribution in [1.82, 2.24) is 5.32 Å². The van der Waals surface area contributed by atoms with Gasteiger partial charge in [0.15, 0.2) is 0 Å². The van der Waals surface area contributed by atoms with Crippen LogP contribution in [0.2, 0.25) is 0 Å². The Hall–Kier alpha value is -2.50. The Morgan fingerprint density at radius 3 is 2.54 bits per heavy atom. The fourth-order valence-corrected chi connectivity index (χ4v) is 2.98. The minimum Gasteiger partial charge on any atom is -0.489 e. The molecule has 1 aromatic carbocycles. The molecule has 24 heavy (non-hydrogen) atoms. The predicted octanol–water partition coefficient (Wildman–Crippen LogP) is 3.59. The molecule has 1 aliphatic heterocycles. The molecule has 0 aliphatic carbocycles. The van der Waals surface area contributed by atoms with E-state index < -0.39 is 0 Å². The summed E-state index contributed by atoms with van der Waals surface area (Å²) in [6.07, 6.45) is 3.72. The van der Waals surface area contributed by atoms with Crippen molar-refractivity contribution < 1.29 is 4.74 Å². The molecule has 0 spiro atoms. The van der Waals surface area contributed by atoms with Crippen LogP contribution in [0.5, 0.6) is 5.75 Å². The van der Waals surface area contributed by atoms with Gasteiger partial charge >= 0.3 is 0 Å². The molecule has 1 aromatic rings. The summed E-state index contributed by atoms with van der Waals surface area (Å²) in [6.45, 7) is 8.15. The summed E-state index contributed by atoms with van der Waals surface area (Å²) in [5.41, 5.74) is 3.33. The standard InChI is InChI=1S/C19H24N4O/c1-13(2)24-19-9-17(16-4-6-22-7-5-16)14(3)8-18(19)23-12-15(10-20)11-21/h8-9,12-13,16,22-23H,4-7H2,1-3H3. The molecular weight excluding hydrogens is 300 g/mol. The van der Waals surface area contributed by atoms with E-state index in [1.165, 1.54) is 17.3 Å². The average molecular weight is 324 g/mol. The Morgan fingerprint density at radius 1 is 1.29 bits per heavy atom. The van der Waals surface area contributed by atoms with Crippen molar-refractivity contribution in [3.63, 3.8) is 0 Å². The van der Waals surface area contributed by atoms with Crippen LogP contribution in [0.15, 0.2) is 23.9 Å². The molecular formula is C19H24N4O. The van der Waals surface area contributed by atoms with Gasteiger partial charge in [0.25, 0.3) is 0 Å². The van der Waals surface area contributed by atoms with Crippen molar-refractivity contribution in [1.29, 1.82) is 10.5 Å². The van der Waals surface area contributed by atoms with E-state index in [-0.39, 0.29) is 11.7 Å². The Kier molecular flexibility index (Phi) is 6.23. The third kappa shape index (κ3) is 4.50. The van der Waals surface area contributed by atoms with Gasteiger partial charge in [0.1, 0.15) is 23.5 Å². The Balaban J connectivity index is 2.36. The Labute approximate surface area is 143 Å². The SMILES string of the molecule is Cc1cc(NC=C(C#N)C#N)c(OC(C)C)cc1C1CCNCC1. The smallest absolute Gasteiger partial charge is 0.145 e. The highest BCUT2D eigenvalue weighted by atomic mass is 16.5. The molecule has 0 radical (unpaired) electrons. The van der Waals surface area contributed by atoms with E-state index in [1.807, 2.05) is 32.1 Å². The van der Waals surface area contributed by atoms with Crippen molar-refractivity contribution in [3.8, 4) is 17.9 Å². The first-order chi connectivity index (χ1) is 11.5. The fourth-order valence-electron chi connectivity index (χ4n) is 2.98. The first kappa shape index (κ1) is 17.8. The molecule has 2 N–H and O–H groups in total. The summed E-state index contributed by atoms with van der Waals surface area (Å²) < 4.78 is 5.96. The number of rotatable bonds is 5. The van der Waals surface area contributed by atoms with E-state index in [0.29, 0.717) is 5.92 Å².